The fraction of sp³-hybridized carbons (Fsp3) is 0.238. The minimum absolute atomic E-state index is 0.107. The zero-order valence-electron chi connectivity index (χ0n) is 14.7. The maximum Gasteiger partial charge on any atom is 0.242 e. The molecule has 0 saturated heterocycles. The topological polar surface area (TPSA) is 58.2 Å². The third-order valence-corrected chi connectivity index (χ3v) is 5.38. The number of carbonyl (C=O) groups excluding carboxylic acids is 2. The third-order valence-electron chi connectivity index (χ3n) is 4.36. The minimum atomic E-state index is -0.561. The Morgan fingerprint density at radius 2 is 1.77 bits per heavy atom. The van der Waals surface area contributed by atoms with Gasteiger partial charge in [0.1, 0.15) is 6.04 Å². The summed E-state index contributed by atoms with van der Waals surface area (Å²) in [4.78, 5) is 24.5. The number of nitrogens with one attached hydrogen (secondary N) is 2. The number of fused-ring (bicyclic) bond motifs is 1. The fourth-order valence-corrected chi connectivity index (χ4v) is 3.97. The summed E-state index contributed by atoms with van der Waals surface area (Å²) in [6.07, 6.45) is 1.51. The predicted octanol–water partition coefficient (Wildman–Crippen LogP) is 3.31. The number of rotatable bonds is 7. The number of amides is 2. The molecule has 1 aromatic heterocycles. The van der Waals surface area contributed by atoms with Crippen molar-refractivity contribution in [1.82, 2.24) is 10.6 Å². The Bertz CT molecular complexity index is 889. The van der Waals surface area contributed by atoms with Crippen LogP contribution in [0.1, 0.15) is 17.5 Å². The molecule has 0 fully saturated rings. The zero-order valence-corrected chi connectivity index (χ0v) is 15.5. The lowest BCUT2D eigenvalue weighted by Crippen LogP contribution is -2.47. The first-order valence-corrected chi connectivity index (χ1v) is 9.55. The first-order valence-electron chi connectivity index (χ1n) is 8.67. The fourth-order valence-electron chi connectivity index (χ4n) is 2.97. The molecule has 0 spiro atoms. The summed E-state index contributed by atoms with van der Waals surface area (Å²) in [6, 6.07) is 17.4. The van der Waals surface area contributed by atoms with Crippen LogP contribution in [0.4, 0.5) is 0 Å². The van der Waals surface area contributed by atoms with Crippen LogP contribution in [-0.2, 0) is 22.4 Å². The van der Waals surface area contributed by atoms with E-state index in [4.69, 9.17) is 0 Å². The molecule has 4 nitrogen and oxygen atoms in total. The molecule has 1 atom stereocenters. The van der Waals surface area contributed by atoms with Gasteiger partial charge in [-0.15, -0.1) is 11.3 Å². The van der Waals surface area contributed by atoms with Gasteiger partial charge >= 0.3 is 0 Å². The van der Waals surface area contributed by atoms with E-state index >= 15 is 0 Å². The van der Waals surface area contributed by atoms with Gasteiger partial charge in [0.2, 0.25) is 11.8 Å². The first-order chi connectivity index (χ1) is 12.7. The SMILES string of the molecule is CNC(=O)[C@@H](Cc1ccccc1)NC(=O)CCc1csc2ccccc12. The van der Waals surface area contributed by atoms with Crippen LogP contribution in [0.2, 0.25) is 0 Å². The second-order valence-corrected chi connectivity index (χ2v) is 7.09. The van der Waals surface area contributed by atoms with Gasteiger partial charge in [0, 0.05) is 24.6 Å². The molecule has 0 radical (unpaired) electrons. The van der Waals surface area contributed by atoms with E-state index in [0.717, 1.165) is 5.56 Å². The Kier molecular flexibility index (Phi) is 6.02. The van der Waals surface area contributed by atoms with Crippen molar-refractivity contribution in [1.29, 1.82) is 0 Å². The molecule has 1 heterocycles. The Hall–Kier alpha value is -2.66. The average molecular weight is 366 g/mol. The van der Waals surface area contributed by atoms with Crippen LogP contribution in [0.5, 0.6) is 0 Å². The molecule has 3 aromatic rings. The second kappa shape index (κ2) is 8.63. The van der Waals surface area contributed by atoms with Gasteiger partial charge in [-0.05, 0) is 34.4 Å². The molecular weight excluding hydrogens is 344 g/mol. The molecule has 0 bridgehead atoms. The van der Waals surface area contributed by atoms with Crippen molar-refractivity contribution in [2.45, 2.75) is 25.3 Å². The van der Waals surface area contributed by atoms with Crippen LogP contribution in [0, 0.1) is 0 Å². The lowest BCUT2D eigenvalue weighted by Gasteiger charge is -2.17. The quantitative estimate of drug-likeness (QED) is 0.674. The summed E-state index contributed by atoms with van der Waals surface area (Å²) < 4.78 is 1.23. The highest BCUT2D eigenvalue weighted by molar-refractivity contribution is 7.17. The van der Waals surface area contributed by atoms with Gasteiger partial charge < -0.3 is 10.6 Å². The predicted molar refractivity (Wildman–Crippen MR) is 106 cm³/mol. The molecule has 0 aliphatic carbocycles. The van der Waals surface area contributed by atoms with E-state index in [1.165, 1.54) is 15.6 Å². The van der Waals surface area contributed by atoms with E-state index in [9.17, 15) is 9.59 Å². The molecule has 2 amide bonds. The number of benzene rings is 2. The maximum atomic E-state index is 12.4. The van der Waals surface area contributed by atoms with Crippen molar-refractivity contribution in [2.75, 3.05) is 7.05 Å². The molecule has 0 aliphatic heterocycles. The van der Waals surface area contributed by atoms with Crippen LogP contribution in [0.25, 0.3) is 10.1 Å². The molecule has 5 heteroatoms. The van der Waals surface area contributed by atoms with Gasteiger partial charge in [-0.2, -0.15) is 0 Å². The summed E-state index contributed by atoms with van der Waals surface area (Å²) in [5, 5.41) is 8.83. The largest absolute Gasteiger partial charge is 0.357 e. The van der Waals surface area contributed by atoms with Gasteiger partial charge in [-0.25, -0.2) is 0 Å². The number of carbonyl (C=O) groups is 2. The van der Waals surface area contributed by atoms with Crippen LogP contribution < -0.4 is 10.6 Å². The van der Waals surface area contributed by atoms with Crippen molar-refractivity contribution < 1.29 is 9.59 Å². The van der Waals surface area contributed by atoms with E-state index in [0.29, 0.717) is 19.3 Å². The van der Waals surface area contributed by atoms with Crippen molar-refractivity contribution in [3.63, 3.8) is 0 Å². The monoisotopic (exact) mass is 366 g/mol. The second-order valence-electron chi connectivity index (χ2n) is 6.18. The molecule has 3 rings (SSSR count). The third kappa shape index (κ3) is 4.49. The van der Waals surface area contributed by atoms with Gasteiger partial charge in [-0.1, -0.05) is 48.5 Å². The molecule has 2 aromatic carbocycles. The van der Waals surface area contributed by atoms with Crippen molar-refractivity contribution in [3.05, 3.63) is 71.1 Å². The number of thiophene rings is 1. The molecule has 134 valence electrons. The lowest BCUT2D eigenvalue weighted by atomic mass is 10.0. The average Bonchev–Trinajstić information content (AvgIpc) is 3.09. The molecule has 26 heavy (non-hydrogen) atoms. The van der Waals surface area contributed by atoms with Gasteiger partial charge in [0.25, 0.3) is 0 Å². The lowest BCUT2D eigenvalue weighted by molar-refractivity contribution is -0.128. The molecule has 0 saturated carbocycles. The summed E-state index contributed by atoms with van der Waals surface area (Å²) in [6.45, 7) is 0. The minimum Gasteiger partial charge on any atom is -0.357 e. The van der Waals surface area contributed by atoms with Crippen molar-refractivity contribution >= 4 is 33.2 Å². The Morgan fingerprint density at radius 1 is 1.04 bits per heavy atom. The van der Waals surface area contributed by atoms with Gasteiger partial charge in [0.05, 0.1) is 0 Å². The Morgan fingerprint density at radius 3 is 2.54 bits per heavy atom. The van der Waals surface area contributed by atoms with E-state index in [1.54, 1.807) is 18.4 Å². The van der Waals surface area contributed by atoms with Crippen LogP contribution in [-0.4, -0.2) is 24.9 Å². The molecular formula is C21H22N2O2S. The van der Waals surface area contributed by atoms with Crippen molar-refractivity contribution in [3.8, 4) is 0 Å². The normalized spacial score (nSPS) is 11.9. The number of hydrogen-bond donors (Lipinski definition) is 2. The Labute approximate surface area is 157 Å². The standard InChI is InChI=1S/C21H22N2O2S/c1-22-21(25)18(13-15-7-3-2-4-8-15)23-20(24)12-11-16-14-26-19-10-6-5-9-17(16)19/h2-10,14,18H,11-13H2,1H3,(H,22,25)(H,23,24)/t18-/m1/s1. The summed E-state index contributed by atoms with van der Waals surface area (Å²) >= 11 is 1.69. The summed E-state index contributed by atoms with van der Waals surface area (Å²) in [5.41, 5.74) is 2.20. The highest BCUT2D eigenvalue weighted by Gasteiger charge is 2.20. The van der Waals surface area contributed by atoms with Gasteiger partial charge in [0.15, 0.2) is 0 Å². The number of likely N-dealkylation sites (N-methyl/N-ethyl adjacent to an activating group) is 1. The molecule has 0 unspecified atom stereocenters. The molecule has 2 N–H and O–H groups in total. The smallest absolute Gasteiger partial charge is 0.242 e. The summed E-state index contributed by atoms with van der Waals surface area (Å²) in [5.74, 6) is -0.284. The number of aryl methyl sites for hydroxylation is 1. The highest BCUT2D eigenvalue weighted by Crippen LogP contribution is 2.26. The van der Waals surface area contributed by atoms with Crippen LogP contribution in [0.15, 0.2) is 60.0 Å². The Balaban J connectivity index is 1.61. The van der Waals surface area contributed by atoms with E-state index in [-0.39, 0.29) is 11.8 Å². The van der Waals surface area contributed by atoms with E-state index in [2.05, 4.69) is 28.1 Å². The highest BCUT2D eigenvalue weighted by atomic mass is 32.1. The first kappa shape index (κ1) is 18.1. The number of hydrogen-bond acceptors (Lipinski definition) is 3. The van der Waals surface area contributed by atoms with Crippen LogP contribution >= 0.6 is 11.3 Å². The van der Waals surface area contributed by atoms with E-state index in [1.807, 2.05) is 42.5 Å². The molecule has 0 aliphatic rings. The van der Waals surface area contributed by atoms with Crippen LogP contribution in [0.3, 0.4) is 0 Å². The van der Waals surface area contributed by atoms with E-state index < -0.39 is 6.04 Å². The summed E-state index contributed by atoms with van der Waals surface area (Å²) in [7, 11) is 1.59. The van der Waals surface area contributed by atoms with Crippen molar-refractivity contribution in [2.24, 2.45) is 0 Å². The zero-order chi connectivity index (χ0) is 18.4. The van der Waals surface area contributed by atoms with Gasteiger partial charge in [-0.3, -0.25) is 9.59 Å². The maximum absolute atomic E-state index is 12.4.